The standard InChI is InChI=1S/C18H14F2N2O2/c19-18(20)23-15-6-5-12(10-16(15)24-18)9-13-3-2-8-22-17(13)14-4-1-7-21-11-14/h1,4-7,9-11H,2-3,8H2/b13-9+. The molecule has 0 spiro atoms. The Kier molecular flexibility index (Phi) is 3.52. The van der Waals surface area contributed by atoms with E-state index in [0.717, 1.165) is 41.8 Å². The number of aliphatic imine (C=N–C) groups is 1. The Morgan fingerprint density at radius 3 is 2.83 bits per heavy atom. The summed E-state index contributed by atoms with van der Waals surface area (Å²) in [6.07, 6.45) is 3.68. The van der Waals surface area contributed by atoms with E-state index in [1.54, 1.807) is 24.5 Å². The number of pyridine rings is 1. The first kappa shape index (κ1) is 14.8. The van der Waals surface area contributed by atoms with Gasteiger partial charge < -0.3 is 9.47 Å². The van der Waals surface area contributed by atoms with E-state index in [1.165, 1.54) is 6.07 Å². The highest BCUT2D eigenvalue weighted by atomic mass is 19.3. The van der Waals surface area contributed by atoms with Crippen LogP contribution in [0.4, 0.5) is 8.78 Å². The van der Waals surface area contributed by atoms with E-state index in [9.17, 15) is 8.78 Å². The molecule has 0 atom stereocenters. The van der Waals surface area contributed by atoms with E-state index in [0.29, 0.717) is 0 Å². The van der Waals surface area contributed by atoms with Gasteiger partial charge in [0.15, 0.2) is 11.5 Å². The van der Waals surface area contributed by atoms with Crippen molar-refractivity contribution in [2.75, 3.05) is 6.54 Å². The predicted molar refractivity (Wildman–Crippen MR) is 85.5 cm³/mol. The van der Waals surface area contributed by atoms with E-state index in [1.807, 2.05) is 18.2 Å². The molecule has 24 heavy (non-hydrogen) atoms. The smallest absolute Gasteiger partial charge is 0.395 e. The molecule has 0 radical (unpaired) electrons. The zero-order chi connectivity index (χ0) is 16.6. The topological polar surface area (TPSA) is 43.7 Å². The molecule has 4 nitrogen and oxygen atoms in total. The van der Waals surface area contributed by atoms with E-state index in [-0.39, 0.29) is 11.5 Å². The van der Waals surface area contributed by atoms with Crippen molar-refractivity contribution in [3.8, 4) is 11.5 Å². The average molecular weight is 328 g/mol. The van der Waals surface area contributed by atoms with Crippen molar-refractivity contribution in [2.45, 2.75) is 19.1 Å². The Balaban J connectivity index is 1.68. The van der Waals surface area contributed by atoms with Crippen LogP contribution in [0.25, 0.3) is 6.08 Å². The number of benzene rings is 1. The highest BCUT2D eigenvalue weighted by Gasteiger charge is 2.43. The summed E-state index contributed by atoms with van der Waals surface area (Å²) >= 11 is 0. The number of rotatable bonds is 2. The first-order valence-electron chi connectivity index (χ1n) is 7.66. The average Bonchev–Trinajstić information content (AvgIpc) is 2.89. The summed E-state index contributed by atoms with van der Waals surface area (Å²) in [7, 11) is 0. The molecule has 0 N–H and O–H groups in total. The third-order valence-electron chi connectivity index (χ3n) is 3.88. The summed E-state index contributed by atoms with van der Waals surface area (Å²) in [6.45, 7) is 0.773. The van der Waals surface area contributed by atoms with Crippen LogP contribution in [0, 0.1) is 0 Å². The maximum absolute atomic E-state index is 13.1. The Morgan fingerprint density at radius 2 is 2.00 bits per heavy atom. The molecule has 0 saturated carbocycles. The van der Waals surface area contributed by atoms with Crippen LogP contribution in [-0.4, -0.2) is 23.5 Å². The minimum Gasteiger partial charge on any atom is -0.395 e. The lowest BCUT2D eigenvalue weighted by Gasteiger charge is -2.16. The van der Waals surface area contributed by atoms with E-state index in [2.05, 4.69) is 19.5 Å². The second-order valence-electron chi connectivity index (χ2n) is 5.62. The number of aromatic nitrogens is 1. The molecule has 2 aliphatic heterocycles. The van der Waals surface area contributed by atoms with Crippen molar-refractivity contribution in [3.63, 3.8) is 0 Å². The van der Waals surface area contributed by atoms with Crippen molar-refractivity contribution >= 4 is 11.8 Å². The summed E-state index contributed by atoms with van der Waals surface area (Å²) in [5.41, 5.74) is 3.68. The molecule has 2 aliphatic rings. The Labute approximate surface area is 137 Å². The van der Waals surface area contributed by atoms with Gasteiger partial charge in [-0.05, 0) is 54.3 Å². The summed E-state index contributed by atoms with van der Waals surface area (Å²) < 4.78 is 35.2. The molecule has 0 unspecified atom stereocenters. The van der Waals surface area contributed by atoms with Crippen molar-refractivity contribution in [1.29, 1.82) is 0 Å². The molecule has 1 aromatic carbocycles. The highest BCUT2D eigenvalue weighted by molar-refractivity contribution is 6.15. The monoisotopic (exact) mass is 328 g/mol. The van der Waals surface area contributed by atoms with Crippen LogP contribution in [-0.2, 0) is 0 Å². The molecule has 0 aliphatic carbocycles. The minimum atomic E-state index is -3.60. The molecule has 2 aromatic rings. The third-order valence-corrected chi connectivity index (χ3v) is 3.88. The molecule has 0 fully saturated rings. The maximum Gasteiger partial charge on any atom is 0.586 e. The third kappa shape index (κ3) is 2.87. The lowest BCUT2D eigenvalue weighted by Crippen LogP contribution is -2.25. The van der Waals surface area contributed by atoms with Gasteiger partial charge in [0.05, 0.1) is 5.71 Å². The largest absolute Gasteiger partial charge is 0.586 e. The first-order chi connectivity index (χ1) is 11.6. The van der Waals surface area contributed by atoms with Gasteiger partial charge >= 0.3 is 6.29 Å². The Hall–Kier alpha value is -2.76. The van der Waals surface area contributed by atoms with E-state index < -0.39 is 6.29 Å². The van der Waals surface area contributed by atoms with Crippen LogP contribution >= 0.6 is 0 Å². The number of ether oxygens (including phenoxy) is 2. The van der Waals surface area contributed by atoms with Crippen LogP contribution in [0.3, 0.4) is 0 Å². The molecule has 4 rings (SSSR count). The van der Waals surface area contributed by atoms with Crippen LogP contribution in [0.2, 0.25) is 0 Å². The predicted octanol–water partition coefficient (Wildman–Crippen LogP) is 4.07. The molecular formula is C18H14F2N2O2. The van der Waals surface area contributed by atoms with Crippen LogP contribution in [0.1, 0.15) is 24.0 Å². The van der Waals surface area contributed by atoms with Gasteiger partial charge in [0, 0.05) is 24.5 Å². The molecule has 0 bridgehead atoms. The fourth-order valence-corrected chi connectivity index (χ4v) is 2.86. The SMILES string of the molecule is FC1(F)Oc2ccc(/C=C3\CCCN=C3c3cccnc3)cc2O1. The fraction of sp³-hybridized carbons (Fsp3) is 0.222. The van der Waals surface area contributed by atoms with Crippen molar-refractivity contribution in [1.82, 2.24) is 4.98 Å². The molecule has 0 amide bonds. The zero-order valence-corrected chi connectivity index (χ0v) is 12.7. The lowest BCUT2D eigenvalue weighted by molar-refractivity contribution is -0.286. The Morgan fingerprint density at radius 1 is 1.12 bits per heavy atom. The zero-order valence-electron chi connectivity index (χ0n) is 12.7. The number of hydrogen-bond donors (Lipinski definition) is 0. The summed E-state index contributed by atoms with van der Waals surface area (Å²) in [6, 6.07) is 8.61. The first-order valence-corrected chi connectivity index (χ1v) is 7.66. The van der Waals surface area contributed by atoms with Crippen LogP contribution in [0.15, 0.2) is 53.3 Å². The molecule has 122 valence electrons. The number of fused-ring (bicyclic) bond motifs is 1. The maximum atomic E-state index is 13.1. The molecule has 6 heteroatoms. The van der Waals surface area contributed by atoms with Gasteiger partial charge in [0.1, 0.15) is 0 Å². The van der Waals surface area contributed by atoms with Crippen molar-refractivity contribution in [3.05, 3.63) is 59.4 Å². The minimum absolute atomic E-state index is 0.0463. The van der Waals surface area contributed by atoms with Crippen LogP contribution < -0.4 is 9.47 Å². The number of nitrogens with zero attached hydrogens (tertiary/aromatic N) is 2. The van der Waals surface area contributed by atoms with Crippen LogP contribution in [0.5, 0.6) is 11.5 Å². The van der Waals surface area contributed by atoms with Gasteiger partial charge in [0.2, 0.25) is 0 Å². The number of hydrogen-bond acceptors (Lipinski definition) is 4. The van der Waals surface area contributed by atoms with Crippen molar-refractivity contribution < 1.29 is 18.3 Å². The van der Waals surface area contributed by atoms with Gasteiger partial charge in [-0.2, -0.15) is 0 Å². The number of allylic oxidation sites excluding steroid dienone is 1. The van der Waals surface area contributed by atoms with Gasteiger partial charge in [-0.15, -0.1) is 8.78 Å². The number of alkyl halides is 2. The normalized spacial score (nSPS) is 20.1. The summed E-state index contributed by atoms with van der Waals surface area (Å²) in [5.74, 6) is 0.0944. The second-order valence-corrected chi connectivity index (χ2v) is 5.62. The Bertz CT molecular complexity index is 832. The lowest BCUT2D eigenvalue weighted by atomic mass is 9.95. The fourth-order valence-electron chi connectivity index (χ4n) is 2.86. The summed E-state index contributed by atoms with van der Waals surface area (Å²) in [4.78, 5) is 8.74. The second kappa shape index (κ2) is 5.70. The van der Waals surface area contributed by atoms with E-state index in [4.69, 9.17) is 0 Å². The van der Waals surface area contributed by atoms with Gasteiger partial charge in [-0.25, -0.2) is 0 Å². The van der Waals surface area contributed by atoms with Crippen molar-refractivity contribution in [2.24, 2.45) is 4.99 Å². The van der Waals surface area contributed by atoms with Gasteiger partial charge in [-0.3, -0.25) is 9.98 Å². The molecule has 3 heterocycles. The molecular weight excluding hydrogens is 314 g/mol. The van der Waals surface area contributed by atoms with Gasteiger partial charge in [-0.1, -0.05) is 6.07 Å². The quantitative estimate of drug-likeness (QED) is 0.835. The molecule has 0 saturated heterocycles. The highest BCUT2D eigenvalue weighted by Crippen LogP contribution is 2.41. The van der Waals surface area contributed by atoms with Gasteiger partial charge in [0.25, 0.3) is 0 Å². The molecule has 1 aromatic heterocycles. The van der Waals surface area contributed by atoms with E-state index >= 15 is 0 Å². The number of halogens is 2. The summed E-state index contributed by atoms with van der Waals surface area (Å²) in [5, 5.41) is 0.